The minimum absolute atomic E-state index is 0.775. The van der Waals surface area contributed by atoms with E-state index in [2.05, 4.69) is 20.1 Å². The lowest BCUT2D eigenvalue weighted by atomic mass is 9.92. The van der Waals surface area contributed by atoms with E-state index in [1.54, 1.807) is 0 Å². The molecule has 1 atom stereocenters. The first kappa shape index (κ1) is 12.4. The number of allylic oxidation sites excluding steroid dienone is 2. The Hall–Kier alpha value is -0.560. The molecule has 0 aliphatic carbocycles. The van der Waals surface area contributed by atoms with E-state index in [1.165, 1.54) is 24.8 Å². The summed E-state index contributed by atoms with van der Waals surface area (Å²) in [7, 11) is 0. The largest absolute Gasteiger partial charge is 0.330 e. The van der Waals surface area contributed by atoms with Gasteiger partial charge >= 0.3 is 0 Å². The third-order valence-corrected chi connectivity index (χ3v) is 2.48. The maximum absolute atomic E-state index is 5.45. The molecule has 76 valence electrons. The zero-order valence-electron chi connectivity index (χ0n) is 8.89. The van der Waals surface area contributed by atoms with Gasteiger partial charge in [0.15, 0.2) is 0 Å². The molecule has 0 fully saturated rings. The first-order valence-electron chi connectivity index (χ1n) is 5.24. The molecule has 13 heavy (non-hydrogen) atoms. The van der Waals surface area contributed by atoms with E-state index in [9.17, 15) is 0 Å². The molecule has 0 aliphatic rings. The minimum atomic E-state index is 0.775. The third-order valence-electron chi connectivity index (χ3n) is 2.48. The van der Waals surface area contributed by atoms with Crippen molar-refractivity contribution in [3.63, 3.8) is 0 Å². The van der Waals surface area contributed by atoms with Gasteiger partial charge in [0.2, 0.25) is 0 Å². The fourth-order valence-corrected chi connectivity index (χ4v) is 1.48. The minimum Gasteiger partial charge on any atom is -0.330 e. The highest BCUT2D eigenvalue weighted by Crippen LogP contribution is 2.20. The van der Waals surface area contributed by atoms with Gasteiger partial charge in [0.1, 0.15) is 0 Å². The summed E-state index contributed by atoms with van der Waals surface area (Å²) >= 11 is 0. The molecule has 0 spiro atoms. The summed E-state index contributed by atoms with van der Waals surface area (Å²) in [6.45, 7) is 10.7. The van der Waals surface area contributed by atoms with Crippen LogP contribution in [0.1, 0.15) is 39.0 Å². The van der Waals surface area contributed by atoms with Crippen LogP contribution in [0.5, 0.6) is 0 Å². The highest BCUT2D eigenvalue weighted by atomic mass is 14.5. The second-order valence-electron chi connectivity index (χ2n) is 3.63. The van der Waals surface area contributed by atoms with Gasteiger partial charge in [-0.3, -0.25) is 0 Å². The Morgan fingerprint density at radius 2 is 2.15 bits per heavy atom. The van der Waals surface area contributed by atoms with E-state index in [-0.39, 0.29) is 0 Å². The summed E-state index contributed by atoms with van der Waals surface area (Å²) in [5.41, 5.74) is 6.62. The molecular weight excluding hydrogens is 158 g/mol. The fraction of sp³-hybridized carbons (Fsp3) is 0.667. The average molecular weight is 181 g/mol. The van der Waals surface area contributed by atoms with Crippen LogP contribution in [0, 0.1) is 5.92 Å². The van der Waals surface area contributed by atoms with E-state index in [1.807, 2.05) is 6.08 Å². The topological polar surface area (TPSA) is 26.0 Å². The number of unbranched alkanes of at least 4 members (excludes halogenated alkanes) is 1. The first-order valence-corrected chi connectivity index (χ1v) is 5.24. The van der Waals surface area contributed by atoms with Gasteiger partial charge in [-0.2, -0.15) is 0 Å². The summed E-state index contributed by atoms with van der Waals surface area (Å²) in [6, 6.07) is 0. The maximum atomic E-state index is 5.45. The lowest BCUT2D eigenvalue weighted by molar-refractivity contribution is 0.447. The second-order valence-corrected chi connectivity index (χ2v) is 3.63. The Morgan fingerprint density at radius 1 is 1.46 bits per heavy atom. The molecule has 2 N–H and O–H groups in total. The number of rotatable bonds is 8. The van der Waals surface area contributed by atoms with Gasteiger partial charge in [0.05, 0.1) is 0 Å². The normalized spacial score (nSPS) is 12.5. The standard InChI is InChI=1S/C12H23N/c1-4-11(3)10-12(5-2)8-6-7-9-13/h4,12H,1,3,5-10,13H2,2H3. The average Bonchev–Trinajstić information content (AvgIpc) is 2.16. The summed E-state index contributed by atoms with van der Waals surface area (Å²) in [5.74, 6) is 0.775. The summed E-state index contributed by atoms with van der Waals surface area (Å²) in [5, 5.41) is 0. The molecule has 0 amide bonds. The molecule has 0 heterocycles. The maximum Gasteiger partial charge on any atom is -0.00773 e. The SMILES string of the molecule is C=CC(=C)CC(CC)CCCCN. The first-order chi connectivity index (χ1) is 6.24. The smallest absolute Gasteiger partial charge is 0.00773 e. The zero-order valence-corrected chi connectivity index (χ0v) is 8.89. The van der Waals surface area contributed by atoms with Crippen molar-refractivity contribution in [3.05, 3.63) is 24.8 Å². The Morgan fingerprint density at radius 3 is 2.62 bits per heavy atom. The molecule has 1 unspecified atom stereocenters. The van der Waals surface area contributed by atoms with Crippen LogP contribution in [0.25, 0.3) is 0 Å². The van der Waals surface area contributed by atoms with Crippen LogP contribution in [0.15, 0.2) is 24.8 Å². The highest BCUT2D eigenvalue weighted by molar-refractivity contribution is 5.11. The summed E-state index contributed by atoms with van der Waals surface area (Å²) in [4.78, 5) is 0. The Labute approximate surface area is 82.7 Å². The van der Waals surface area contributed by atoms with Gasteiger partial charge in [-0.25, -0.2) is 0 Å². The van der Waals surface area contributed by atoms with Crippen LogP contribution in [0.2, 0.25) is 0 Å². The van der Waals surface area contributed by atoms with Crippen molar-refractivity contribution in [1.29, 1.82) is 0 Å². The quantitative estimate of drug-likeness (QED) is 0.451. The summed E-state index contributed by atoms with van der Waals surface area (Å²) in [6.07, 6.45) is 7.88. The number of hydrogen-bond acceptors (Lipinski definition) is 1. The van der Waals surface area contributed by atoms with Gasteiger partial charge in [-0.1, -0.05) is 51.0 Å². The van der Waals surface area contributed by atoms with E-state index in [4.69, 9.17) is 5.73 Å². The van der Waals surface area contributed by atoms with E-state index < -0.39 is 0 Å². The van der Waals surface area contributed by atoms with Crippen LogP contribution in [0.3, 0.4) is 0 Å². The zero-order chi connectivity index (χ0) is 10.1. The Kier molecular flexibility index (Phi) is 7.71. The molecule has 0 aromatic rings. The van der Waals surface area contributed by atoms with Crippen molar-refractivity contribution in [3.8, 4) is 0 Å². The van der Waals surface area contributed by atoms with Crippen LogP contribution >= 0.6 is 0 Å². The molecule has 0 rings (SSSR count). The van der Waals surface area contributed by atoms with Crippen LogP contribution in [-0.4, -0.2) is 6.54 Å². The lowest BCUT2D eigenvalue weighted by Crippen LogP contribution is -2.03. The van der Waals surface area contributed by atoms with Crippen molar-refractivity contribution in [1.82, 2.24) is 0 Å². The second kappa shape index (κ2) is 8.06. The van der Waals surface area contributed by atoms with Gasteiger partial charge in [-0.15, -0.1) is 0 Å². The van der Waals surface area contributed by atoms with Crippen molar-refractivity contribution >= 4 is 0 Å². The van der Waals surface area contributed by atoms with E-state index in [0.717, 1.165) is 25.3 Å². The summed E-state index contributed by atoms with van der Waals surface area (Å²) < 4.78 is 0. The van der Waals surface area contributed by atoms with Gasteiger partial charge in [0.25, 0.3) is 0 Å². The Balaban J connectivity index is 3.62. The third kappa shape index (κ3) is 6.59. The molecule has 0 saturated carbocycles. The fourth-order valence-electron chi connectivity index (χ4n) is 1.48. The van der Waals surface area contributed by atoms with Crippen molar-refractivity contribution in [2.75, 3.05) is 6.54 Å². The van der Waals surface area contributed by atoms with Gasteiger partial charge in [0, 0.05) is 0 Å². The van der Waals surface area contributed by atoms with Gasteiger partial charge < -0.3 is 5.73 Å². The molecule has 0 aliphatic heterocycles. The lowest BCUT2D eigenvalue weighted by Gasteiger charge is -2.14. The van der Waals surface area contributed by atoms with Crippen LogP contribution in [0.4, 0.5) is 0 Å². The van der Waals surface area contributed by atoms with Crippen molar-refractivity contribution in [2.24, 2.45) is 11.7 Å². The molecule has 0 radical (unpaired) electrons. The predicted molar refractivity (Wildman–Crippen MR) is 60.6 cm³/mol. The molecule has 1 heteroatoms. The molecule has 1 nitrogen and oxygen atoms in total. The number of nitrogens with two attached hydrogens (primary N) is 1. The molecule has 0 saturated heterocycles. The number of hydrogen-bond donors (Lipinski definition) is 1. The van der Waals surface area contributed by atoms with Crippen molar-refractivity contribution < 1.29 is 0 Å². The van der Waals surface area contributed by atoms with Gasteiger partial charge in [-0.05, 0) is 25.3 Å². The predicted octanol–water partition coefficient (Wildman–Crippen LogP) is 3.27. The molecule has 0 bridgehead atoms. The molecule has 0 aromatic heterocycles. The van der Waals surface area contributed by atoms with Crippen LogP contribution < -0.4 is 5.73 Å². The van der Waals surface area contributed by atoms with Crippen LogP contribution in [-0.2, 0) is 0 Å². The van der Waals surface area contributed by atoms with E-state index >= 15 is 0 Å². The Bertz CT molecular complexity index is 149. The van der Waals surface area contributed by atoms with Crippen molar-refractivity contribution in [2.45, 2.75) is 39.0 Å². The molecular formula is C12H23N. The molecule has 0 aromatic carbocycles. The monoisotopic (exact) mass is 181 g/mol. The highest BCUT2D eigenvalue weighted by Gasteiger charge is 2.05. The van der Waals surface area contributed by atoms with E-state index in [0.29, 0.717) is 0 Å².